The summed E-state index contributed by atoms with van der Waals surface area (Å²) >= 11 is 0. The molecule has 3 aromatic rings. The smallest absolute Gasteiger partial charge is 0.412 e. The Hall–Kier alpha value is -4.14. The van der Waals surface area contributed by atoms with Crippen LogP contribution >= 0.6 is 0 Å². The molecule has 2 N–H and O–H groups in total. The molecule has 0 aliphatic heterocycles. The number of carboxylic acid groups (broad SMARTS) is 1. The number of aromatic nitrogens is 2. The molecular formula is C26H28N4O5. The number of rotatable bonds is 9. The van der Waals surface area contributed by atoms with Crippen LogP contribution < -0.4 is 5.32 Å². The molecule has 182 valence electrons. The number of benzene rings is 2. The average molecular weight is 477 g/mol. The molecule has 0 radical (unpaired) electrons. The number of carboxylic acids is 1. The topological polar surface area (TPSA) is 114 Å². The van der Waals surface area contributed by atoms with Gasteiger partial charge in [-0.1, -0.05) is 48.5 Å². The summed E-state index contributed by atoms with van der Waals surface area (Å²) in [5.41, 5.74) is 4.72. The van der Waals surface area contributed by atoms with E-state index in [2.05, 4.69) is 22.5 Å². The Morgan fingerprint density at radius 1 is 1.09 bits per heavy atom. The highest BCUT2D eigenvalue weighted by Crippen LogP contribution is 2.44. The van der Waals surface area contributed by atoms with Crippen LogP contribution in [0.25, 0.3) is 11.1 Å². The fraction of sp³-hybridized carbons (Fsp3) is 0.308. The lowest BCUT2D eigenvalue weighted by Crippen LogP contribution is -2.32. The molecule has 1 aromatic heterocycles. The highest BCUT2D eigenvalue weighted by atomic mass is 16.5. The van der Waals surface area contributed by atoms with Crippen molar-refractivity contribution < 1.29 is 24.2 Å². The second-order valence-electron chi connectivity index (χ2n) is 8.36. The first kappa shape index (κ1) is 24.0. The van der Waals surface area contributed by atoms with Crippen LogP contribution in [0, 0.1) is 0 Å². The SMILES string of the molecule is CCN(CCCC(=O)O)C(=O)c1cnn(C)c1NC(=O)OCC1c2ccccc2-c2ccccc21. The molecule has 1 aliphatic rings. The number of fused-ring (bicyclic) bond motifs is 3. The van der Waals surface area contributed by atoms with Gasteiger partial charge in [-0.3, -0.25) is 19.6 Å². The predicted molar refractivity (Wildman–Crippen MR) is 130 cm³/mol. The fourth-order valence-electron chi connectivity index (χ4n) is 4.47. The van der Waals surface area contributed by atoms with E-state index in [9.17, 15) is 14.4 Å². The van der Waals surface area contributed by atoms with Gasteiger partial charge in [0.2, 0.25) is 0 Å². The number of ether oxygens (including phenoxy) is 1. The number of carbonyl (C=O) groups is 3. The molecule has 4 rings (SSSR count). The molecule has 35 heavy (non-hydrogen) atoms. The number of aryl methyl sites for hydroxylation is 1. The predicted octanol–water partition coefficient (Wildman–Crippen LogP) is 4.11. The molecular weight excluding hydrogens is 448 g/mol. The molecule has 9 nitrogen and oxygen atoms in total. The van der Waals surface area contributed by atoms with Gasteiger partial charge in [0.05, 0.1) is 6.20 Å². The van der Waals surface area contributed by atoms with Crippen molar-refractivity contribution in [3.8, 4) is 11.1 Å². The number of nitrogens with zero attached hydrogens (tertiary/aromatic N) is 3. The van der Waals surface area contributed by atoms with Crippen LogP contribution in [0.4, 0.5) is 10.6 Å². The second-order valence-corrected chi connectivity index (χ2v) is 8.36. The first-order valence-electron chi connectivity index (χ1n) is 11.6. The fourth-order valence-corrected chi connectivity index (χ4v) is 4.47. The van der Waals surface area contributed by atoms with Gasteiger partial charge in [0.15, 0.2) is 0 Å². The van der Waals surface area contributed by atoms with Crippen LogP contribution in [0.1, 0.15) is 47.2 Å². The Bertz CT molecular complexity index is 1210. The Balaban J connectivity index is 1.44. The minimum absolute atomic E-state index is 0.0261. The molecule has 0 spiro atoms. The molecule has 2 amide bonds. The average Bonchev–Trinajstić information content (AvgIpc) is 3.37. The van der Waals surface area contributed by atoms with E-state index >= 15 is 0 Å². The van der Waals surface area contributed by atoms with Crippen molar-refractivity contribution in [1.82, 2.24) is 14.7 Å². The molecule has 9 heteroatoms. The minimum atomic E-state index is -0.910. The minimum Gasteiger partial charge on any atom is -0.481 e. The third-order valence-corrected chi connectivity index (χ3v) is 6.22. The zero-order valence-electron chi connectivity index (χ0n) is 19.7. The maximum absolute atomic E-state index is 13.0. The summed E-state index contributed by atoms with van der Waals surface area (Å²) in [5, 5.41) is 15.6. The summed E-state index contributed by atoms with van der Waals surface area (Å²) in [6, 6.07) is 16.2. The lowest BCUT2D eigenvalue weighted by Gasteiger charge is -2.21. The van der Waals surface area contributed by atoms with E-state index in [1.807, 2.05) is 43.3 Å². The van der Waals surface area contributed by atoms with Crippen LogP contribution in [0.15, 0.2) is 54.7 Å². The lowest BCUT2D eigenvalue weighted by atomic mass is 9.98. The van der Waals surface area contributed by atoms with Gasteiger partial charge in [-0.15, -0.1) is 0 Å². The van der Waals surface area contributed by atoms with Crippen molar-refractivity contribution in [1.29, 1.82) is 0 Å². The largest absolute Gasteiger partial charge is 0.481 e. The summed E-state index contributed by atoms with van der Waals surface area (Å²) in [7, 11) is 1.62. The van der Waals surface area contributed by atoms with Crippen molar-refractivity contribution in [2.24, 2.45) is 7.05 Å². The van der Waals surface area contributed by atoms with Crippen LogP contribution in [-0.2, 0) is 16.6 Å². The summed E-state index contributed by atoms with van der Waals surface area (Å²) in [6.07, 6.45) is 1.02. The molecule has 0 bridgehead atoms. The third-order valence-electron chi connectivity index (χ3n) is 6.22. The number of hydrogen-bond acceptors (Lipinski definition) is 5. The summed E-state index contributed by atoms with van der Waals surface area (Å²) in [6.45, 7) is 2.66. The highest BCUT2D eigenvalue weighted by molar-refractivity contribution is 6.01. The lowest BCUT2D eigenvalue weighted by molar-refractivity contribution is -0.137. The van der Waals surface area contributed by atoms with Crippen molar-refractivity contribution in [3.05, 3.63) is 71.4 Å². The summed E-state index contributed by atoms with van der Waals surface area (Å²) < 4.78 is 7.00. The van der Waals surface area contributed by atoms with Crippen LogP contribution in [-0.4, -0.2) is 57.5 Å². The monoisotopic (exact) mass is 476 g/mol. The molecule has 0 atom stereocenters. The van der Waals surface area contributed by atoms with E-state index in [1.165, 1.54) is 15.8 Å². The number of amides is 2. The maximum atomic E-state index is 13.0. The normalized spacial score (nSPS) is 12.1. The Morgan fingerprint density at radius 2 is 1.71 bits per heavy atom. The number of nitrogens with one attached hydrogen (secondary N) is 1. The van der Waals surface area contributed by atoms with E-state index in [0.29, 0.717) is 19.5 Å². The number of anilines is 1. The standard InChI is InChI=1S/C26H28N4O5/c1-3-30(14-8-13-23(31)32)25(33)21-15-27-29(2)24(21)28-26(34)35-16-22-19-11-6-4-9-17(19)18-10-5-7-12-20(18)22/h4-7,9-12,15,22H,3,8,13-14,16H2,1-2H3,(H,28,34)(H,31,32). The van der Waals surface area contributed by atoms with E-state index in [1.54, 1.807) is 7.05 Å². The molecule has 0 saturated carbocycles. The van der Waals surface area contributed by atoms with E-state index in [-0.39, 0.29) is 36.2 Å². The number of hydrogen-bond donors (Lipinski definition) is 2. The Kier molecular flexibility index (Phi) is 7.14. The third kappa shape index (κ3) is 5.03. The van der Waals surface area contributed by atoms with Crippen molar-refractivity contribution in [2.45, 2.75) is 25.7 Å². The Morgan fingerprint density at radius 3 is 2.31 bits per heavy atom. The van der Waals surface area contributed by atoms with Crippen LogP contribution in [0.2, 0.25) is 0 Å². The van der Waals surface area contributed by atoms with Crippen molar-refractivity contribution in [2.75, 3.05) is 25.0 Å². The zero-order valence-corrected chi connectivity index (χ0v) is 19.7. The second kappa shape index (κ2) is 10.4. The van der Waals surface area contributed by atoms with Crippen molar-refractivity contribution >= 4 is 23.8 Å². The van der Waals surface area contributed by atoms with Gasteiger partial charge in [0, 0.05) is 32.5 Å². The van der Waals surface area contributed by atoms with Crippen molar-refractivity contribution in [3.63, 3.8) is 0 Å². The Labute approximate surface area is 203 Å². The molecule has 1 heterocycles. The van der Waals surface area contributed by atoms with E-state index < -0.39 is 12.1 Å². The molecule has 0 fully saturated rings. The first-order valence-corrected chi connectivity index (χ1v) is 11.6. The highest BCUT2D eigenvalue weighted by Gasteiger charge is 2.29. The van der Waals surface area contributed by atoms with Gasteiger partial charge >= 0.3 is 12.1 Å². The van der Waals surface area contributed by atoms with Gasteiger partial charge < -0.3 is 14.7 Å². The van der Waals surface area contributed by atoms with Gasteiger partial charge in [-0.25, -0.2) is 4.79 Å². The summed E-state index contributed by atoms with van der Waals surface area (Å²) in [4.78, 5) is 38.1. The molecule has 0 unspecified atom stereocenters. The maximum Gasteiger partial charge on any atom is 0.412 e. The van der Waals surface area contributed by atoms with Crippen LogP contribution in [0.5, 0.6) is 0 Å². The quantitative estimate of drug-likeness (QED) is 0.481. The van der Waals surface area contributed by atoms with E-state index in [4.69, 9.17) is 9.84 Å². The molecule has 0 saturated heterocycles. The van der Waals surface area contributed by atoms with Gasteiger partial charge in [-0.05, 0) is 35.6 Å². The van der Waals surface area contributed by atoms with Crippen LogP contribution in [0.3, 0.4) is 0 Å². The van der Waals surface area contributed by atoms with Gasteiger partial charge in [-0.2, -0.15) is 5.10 Å². The number of carbonyl (C=O) groups excluding carboxylic acids is 2. The van der Waals surface area contributed by atoms with Gasteiger partial charge in [0.25, 0.3) is 5.91 Å². The first-order chi connectivity index (χ1) is 16.9. The molecule has 1 aliphatic carbocycles. The summed E-state index contributed by atoms with van der Waals surface area (Å²) in [5.74, 6) is -1.10. The van der Waals surface area contributed by atoms with Gasteiger partial charge in [0.1, 0.15) is 18.0 Å². The number of aliphatic carboxylic acids is 1. The zero-order chi connectivity index (χ0) is 24.9. The molecule has 2 aromatic carbocycles. The van der Waals surface area contributed by atoms with E-state index in [0.717, 1.165) is 22.3 Å².